The molecule has 1 aromatic heterocycles. The van der Waals surface area contributed by atoms with E-state index >= 15 is 0 Å². The standard InChI is InChI=1S/C22H21N3O5/c1-27-17-5-2-14(3-6-17)20-23-21(30-24-20)15-8-10-25(11-9-15)22(26)16-4-7-18-19(12-16)29-13-28-18/h2-7,12,15H,8-11,13H2,1H3. The van der Waals surface area contributed by atoms with Crippen LogP contribution in [-0.4, -0.2) is 47.9 Å². The highest BCUT2D eigenvalue weighted by Gasteiger charge is 2.29. The molecule has 0 N–H and O–H groups in total. The Morgan fingerprint density at radius 1 is 1.07 bits per heavy atom. The summed E-state index contributed by atoms with van der Waals surface area (Å²) in [6.07, 6.45) is 1.56. The van der Waals surface area contributed by atoms with Gasteiger partial charge in [-0.25, -0.2) is 0 Å². The van der Waals surface area contributed by atoms with Gasteiger partial charge in [0.2, 0.25) is 18.5 Å². The Labute approximate surface area is 173 Å². The number of nitrogens with zero attached hydrogens (tertiary/aromatic N) is 3. The molecule has 0 bridgehead atoms. The molecule has 0 radical (unpaired) electrons. The lowest BCUT2D eigenvalue weighted by Crippen LogP contribution is -2.38. The summed E-state index contributed by atoms with van der Waals surface area (Å²) >= 11 is 0. The summed E-state index contributed by atoms with van der Waals surface area (Å²) in [7, 11) is 1.63. The lowest BCUT2D eigenvalue weighted by Gasteiger charge is -2.30. The number of carbonyl (C=O) groups excluding carboxylic acids is 1. The number of ether oxygens (including phenoxy) is 3. The fraction of sp³-hybridized carbons (Fsp3) is 0.318. The molecule has 8 heteroatoms. The molecule has 0 unspecified atom stereocenters. The van der Waals surface area contributed by atoms with Crippen molar-refractivity contribution in [3.8, 4) is 28.6 Å². The molecule has 0 spiro atoms. The van der Waals surface area contributed by atoms with Gasteiger partial charge in [0.05, 0.1) is 7.11 Å². The predicted octanol–water partition coefficient (Wildman–Crippen LogP) is 3.49. The molecular weight excluding hydrogens is 386 g/mol. The lowest BCUT2D eigenvalue weighted by molar-refractivity contribution is 0.0704. The number of likely N-dealkylation sites (tertiary alicyclic amines) is 1. The first-order chi connectivity index (χ1) is 14.7. The van der Waals surface area contributed by atoms with E-state index in [0.717, 1.165) is 24.2 Å². The normalized spacial score (nSPS) is 16.0. The Hall–Kier alpha value is -3.55. The average molecular weight is 407 g/mol. The number of amides is 1. The zero-order valence-electron chi connectivity index (χ0n) is 16.5. The van der Waals surface area contributed by atoms with E-state index in [1.165, 1.54) is 0 Å². The number of piperidine rings is 1. The number of aromatic nitrogens is 2. The first kappa shape index (κ1) is 18.5. The third-order valence-corrected chi connectivity index (χ3v) is 5.54. The maximum absolute atomic E-state index is 12.9. The molecule has 5 rings (SSSR count). The van der Waals surface area contributed by atoms with Gasteiger partial charge in [0.1, 0.15) is 5.75 Å². The number of hydrogen-bond donors (Lipinski definition) is 0. The van der Waals surface area contributed by atoms with Gasteiger partial charge < -0.3 is 23.6 Å². The van der Waals surface area contributed by atoms with Crippen LogP contribution in [0.5, 0.6) is 17.2 Å². The highest BCUT2D eigenvalue weighted by atomic mass is 16.7. The highest BCUT2D eigenvalue weighted by molar-refractivity contribution is 5.95. The van der Waals surface area contributed by atoms with Crippen molar-refractivity contribution in [1.82, 2.24) is 15.0 Å². The summed E-state index contributed by atoms with van der Waals surface area (Å²) in [5.41, 5.74) is 1.48. The van der Waals surface area contributed by atoms with E-state index in [2.05, 4.69) is 10.1 Å². The fourth-order valence-corrected chi connectivity index (χ4v) is 3.80. The Balaban J connectivity index is 1.23. The van der Waals surface area contributed by atoms with Gasteiger partial charge in [-0.3, -0.25) is 4.79 Å². The predicted molar refractivity (Wildman–Crippen MR) is 107 cm³/mol. The average Bonchev–Trinajstić information content (AvgIpc) is 3.48. The third-order valence-electron chi connectivity index (χ3n) is 5.54. The molecule has 2 aliphatic rings. The van der Waals surface area contributed by atoms with E-state index in [1.807, 2.05) is 29.2 Å². The van der Waals surface area contributed by atoms with Crippen LogP contribution < -0.4 is 14.2 Å². The van der Waals surface area contributed by atoms with Crippen LogP contribution in [0, 0.1) is 0 Å². The van der Waals surface area contributed by atoms with Gasteiger partial charge >= 0.3 is 0 Å². The molecule has 0 atom stereocenters. The maximum Gasteiger partial charge on any atom is 0.253 e. The van der Waals surface area contributed by atoms with Gasteiger partial charge in [-0.1, -0.05) is 5.16 Å². The van der Waals surface area contributed by atoms with Gasteiger partial charge in [0, 0.05) is 30.1 Å². The number of hydrogen-bond acceptors (Lipinski definition) is 7. The summed E-state index contributed by atoms with van der Waals surface area (Å²) in [6.45, 7) is 1.47. The molecule has 2 aliphatic heterocycles. The van der Waals surface area contributed by atoms with Crippen molar-refractivity contribution in [3.63, 3.8) is 0 Å². The molecule has 3 heterocycles. The zero-order chi connectivity index (χ0) is 20.5. The van der Waals surface area contributed by atoms with Gasteiger partial charge in [-0.15, -0.1) is 0 Å². The molecule has 2 aromatic carbocycles. The first-order valence-electron chi connectivity index (χ1n) is 9.88. The van der Waals surface area contributed by atoms with Crippen LogP contribution >= 0.6 is 0 Å². The molecular formula is C22H21N3O5. The second kappa shape index (κ2) is 7.70. The maximum atomic E-state index is 12.9. The molecule has 0 aliphatic carbocycles. The summed E-state index contributed by atoms with van der Waals surface area (Å²) in [5.74, 6) is 3.40. The molecule has 8 nitrogen and oxygen atoms in total. The minimum absolute atomic E-state index is 0.00352. The van der Waals surface area contributed by atoms with E-state index in [4.69, 9.17) is 18.7 Å². The van der Waals surface area contributed by atoms with Gasteiger partial charge in [-0.05, 0) is 55.3 Å². The number of carbonyl (C=O) groups is 1. The molecule has 1 fully saturated rings. The Morgan fingerprint density at radius 2 is 1.83 bits per heavy atom. The van der Waals surface area contributed by atoms with E-state index in [9.17, 15) is 4.79 Å². The van der Waals surface area contributed by atoms with Crippen LogP contribution in [-0.2, 0) is 0 Å². The first-order valence-corrected chi connectivity index (χ1v) is 9.88. The topological polar surface area (TPSA) is 86.9 Å². The number of fused-ring (bicyclic) bond motifs is 1. The van der Waals surface area contributed by atoms with Crippen LogP contribution in [0.25, 0.3) is 11.4 Å². The molecule has 0 saturated carbocycles. The summed E-state index contributed by atoms with van der Waals surface area (Å²) in [5, 5.41) is 4.12. The Morgan fingerprint density at radius 3 is 2.60 bits per heavy atom. The molecule has 30 heavy (non-hydrogen) atoms. The van der Waals surface area contributed by atoms with Crippen molar-refractivity contribution in [2.45, 2.75) is 18.8 Å². The summed E-state index contributed by atoms with van der Waals surface area (Å²) < 4.78 is 21.4. The van der Waals surface area contributed by atoms with Gasteiger partial charge in [0.25, 0.3) is 5.91 Å². The molecule has 154 valence electrons. The van der Waals surface area contributed by atoms with Crippen LogP contribution in [0.3, 0.4) is 0 Å². The minimum atomic E-state index is -0.00352. The van der Waals surface area contributed by atoms with Crippen molar-refractivity contribution in [2.75, 3.05) is 27.0 Å². The van der Waals surface area contributed by atoms with Gasteiger partial charge in [0.15, 0.2) is 11.5 Å². The van der Waals surface area contributed by atoms with Crippen LogP contribution in [0.4, 0.5) is 0 Å². The Bertz CT molecular complexity index is 1050. The Kier molecular flexibility index (Phi) is 4.74. The molecule has 1 saturated heterocycles. The SMILES string of the molecule is COc1ccc(-c2noc(C3CCN(C(=O)c4ccc5c(c4)OCO5)CC3)n2)cc1. The minimum Gasteiger partial charge on any atom is -0.497 e. The summed E-state index contributed by atoms with van der Waals surface area (Å²) in [4.78, 5) is 19.3. The molecule has 1 amide bonds. The monoisotopic (exact) mass is 407 g/mol. The van der Waals surface area contributed by atoms with Crippen molar-refractivity contribution in [1.29, 1.82) is 0 Å². The number of benzene rings is 2. The number of methoxy groups -OCH3 is 1. The summed E-state index contributed by atoms with van der Waals surface area (Å²) in [6, 6.07) is 12.8. The number of rotatable bonds is 4. The van der Waals surface area contributed by atoms with Crippen molar-refractivity contribution < 1.29 is 23.5 Å². The smallest absolute Gasteiger partial charge is 0.253 e. The van der Waals surface area contributed by atoms with E-state index in [1.54, 1.807) is 25.3 Å². The fourth-order valence-electron chi connectivity index (χ4n) is 3.80. The van der Waals surface area contributed by atoms with E-state index in [0.29, 0.717) is 41.9 Å². The highest BCUT2D eigenvalue weighted by Crippen LogP contribution is 2.34. The van der Waals surface area contributed by atoms with Crippen LogP contribution in [0.2, 0.25) is 0 Å². The largest absolute Gasteiger partial charge is 0.497 e. The zero-order valence-corrected chi connectivity index (χ0v) is 16.5. The second-order valence-electron chi connectivity index (χ2n) is 7.32. The van der Waals surface area contributed by atoms with Crippen molar-refractivity contribution in [3.05, 3.63) is 53.9 Å². The van der Waals surface area contributed by atoms with Crippen molar-refractivity contribution >= 4 is 5.91 Å². The van der Waals surface area contributed by atoms with E-state index < -0.39 is 0 Å². The molecule has 3 aromatic rings. The van der Waals surface area contributed by atoms with Gasteiger partial charge in [-0.2, -0.15) is 4.98 Å². The van der Waals surface area contributed by atoms with Crippen molar-refractivity contribution in [2.24, 2.45) is 0 Å². The van der Waals surface area contributed by atoms with Crippen LogP contribution in [0.15, 0.2) is 47.0 Å². The van der Waals surface area contributed by atoms with E-state index in [-0.39, 0.29) is 18.6 Å². The van der Waals surface area contributed by atoms with Crippen LogP contribution in [0.1, 0.15) is 35.0 Å². The quantitative estimate of drug-likeness (QED) is 0.654. The second-order valence-corrected chi connectivity index (χ2v) is 7.32. The lowest BCUT2D eigenvalue weighted by atomic mass is 9.96. The third kappa shape index (κ3) is 3.45.